The largest absolute Gasteiger partial charge is 0.494 e. The number of carbonyl (C=O) groups is 1. The molecule has 21 heavy (non-hydrogen) atoms. The van der Waals surface area contributed by atoms with Crippen molar-refractivity contribution < 1.29 is 13.9 Å². The molecule has 0 spiro atoms. The molecule has 2 rings (SSSR count). The number of benzene rings is 1. The molecule has 1 fully saturated rings. The minimum absolute atomic E-state index is 0.0908. The molecule has 0 bridgehead atoms. The zero-order valence-electron chi connectivity index (χ0n) is 13.0. The van der Waals surface area contributed by atoms with E-state index in [4.69, 9.17) is 4.74 Å². The maximum atomic E-state index is 13.9. The van der Waals surface area contributed by atoms with Gasteiger partial charge in [0.15, 0.2) is 11.6 Å². The fourth-order valence-corrected chi connectivity index (χ4v) is 2.72. The summed E-state index contributed by atoms with van der Waals surface area (Å²) in [6.07, 6.45) is 0.596. The molecule has 0 aromatic heterocycles. The molecule has 4 nitrogen and oxygen atoms in total. The molecule has 1 amide bonds. The minimum atomic E-state index is -0.409. The fourth-order valence-electron chi connectivity index (χ4n) is 2.72. The molecule has 0 saturated carbocycles. The van der Waals surface area contributed by atoms with Crippen LogP contribution in [-0.4, -0.2) is 30.5 Å². The quantitative estimate of drug-likeness (QED) is 0.908. The number of nitrogens with zero attached hydrogens (tertiary/aromatic N) is 1. The monoisotopic (exact) mass is 294 g/mol. The second-order valence-corrected chi connectivity index (χ2v) is 5.72. The van der Waals surface area contributed by atoms with Gasteiger partial charge in [0.2, 0.25) is 5.91 Å². The fraction of sp³-hybridized carbons (Fsp3) is 0.562. The van der Waals surface area contributed by atoms with E-state index in [-0.39, 0.29) is 29.8 Å². The highest BCUT2D eigenvalue weighted by Crippen LogP contribution is 2.30. The third kappa shape index (κ3) is 3.02. The molecule has 1 aromatic rings. The number of carbonyl (C=O) groups excluding carboxylic acids is 1. The number of hydrogen-bond acceptors (Lipinski definition) is 3. The van der Waals surface area contributed by atoms with E-state index in [0.717, 1.165) is 12.0 Å². The van der Waals surface area contributed by atoms with Crippen molar-refractivity contribution in [2.75, 3.05) is 13.7 Å². The van der Waals surface area contributed by atoms with Crippen LogP contribution in [0.3, 0.4) is 0 Å². The first-order valence-corrected chi connectivity index (χ1v) is 7.39. The van der Waals surface area contributed by atoms with Crippen molar-refractivity contribution in [2.45, 2.75) is 39.4 Å². The van der Waals surface area contributed by atoms with Crippen molar-refractivity contribution >= 4 is 5.91 Å². The zero-order valence-corrected chi connectivity index (χ0v) is 13.0. The third-order valence-corrected chi connectivity index (χ3v) is 3.82. The highest BCUT2D eigenvalue weighted by molar-refractivity contribution is 5.84. The summed E-state index contributed by atoms with van der Waals surface area (Å²) in [5, 5.41) is 3.32. The molecule has 2 atom stereocenters. The molecular weight excluding hydrogens is 271 g/mol. The maximum Gasteiger partial charge on any atom is 0.241 e. The van der Waals surface area contributed by atoms with Crippen LogP contribution >= 0.6 is 0 Å². The van der Waals surface area contributed by atoms with Gasteiger partial charge in [-0.3, -0.25) is 10.1 Å². The lowest BCUT2D eigenvalue weighted by Gasteiger charge is -2.24. The molecule has 116 valence electrons. The smallest absolute Gasteiger partial charge is 0.241 e. The second-order valence-electron chi connectivity index (χ2n) is 5.72. The Bertz CT molecular complexity index is 519. The summed E-state index contributed by atoms with van der Waals surface area (Å²) in [5.74, 6) is 0.0947. The van der Waals surface area contributed by atoms with Gasteiger partial charge in [-0.15, -0.1) is 0 Å². The summed E-state index contributed by atoms with van der Waals surface area (Å²) >= 11 is 0. The molecule has 1 N–H and O–H groups in total. The number of nitrogens with one attached hydrogen (secondary N) is 1. The van der Waals surface area contributed by atoms with E-state index in [2.05, 4.69) is 5.32 Å². The molecule has 2 unspecified atom stereocenters. The van der Waals surface area contributed by atoms with E-state index in [9.17, 15) is 9.18 Å². The highest BCUT2D eigenvalue weighted by Gasteiger charge is 2.40. The maximum absolute atomic E-state index is 13.9. The molecular formula is C16H23FN2O2. The van der Waals surface area contributed by atoms with Crippen molar-refractivity contribution in [3.8, 4) is 5.75 Å². The first-order chi connectivity index (χ1) is 9.99. The lowest BCUT2D eigenvalue weighted by Crippen LogP contribution is -2.34. The molecule has 5 heteroatoms. The van der Waals surface area contributed by atoms with Crippen LogP contribution < -0.4 is 10.1 Å². The van der Waals surface area contributed by atoms with E-state index in [1.54, 1.807) is 17.0 Å². The van der Waals surface area contributed by atoms with Gasteiger partial charge < -0.3 is 9.64 Å². The van der Waals surface area contributed by atoms with Crippen LogP contribution in [0.4, 0.5) is 4.39 Å². The SMILES string of the molecule is CCCN1C(=O)C(C(C)C)NC1c1ccc(OC)c(F)c1. The summed E-state index contributed by atoms with van der Waals surface area (Å²) in [4.78, 5) is 14.3. The van der Waals surface area contributed by atoms with E-state index < -0.39 is 5.82 Å². The van der Waals surface area contributed by atoms with Gasteiger partial charge in [0, 0.05) is 6.54 Å². The van der Waals surface area contributed by atoms with E-state index >= 15 is 0 Å². The Morgan fingerprint density at radius 1 is 1.43 bits per heavy atom. The van der Waals surface area contributed by atoms with Gasteiger partial charge in [0.1, 0.15) is 6.17 Å². The predicted octanol–water partition coefficient (Wildman–Crippen LogP) is 2.70. The van der Waals surface area contributed by atoms with Crippen molar-refractivity contribution in [3.63, 3.8) is 0 Å². The van der Waals surface area contributed by atoms with Crippen molar-refractivity contribution in [2.24, 2.45) is 5.92 Å². The third-order valence-electron chi connectivity index (χ3n) is 3.82. The normalized spacial score (nSPS) is 22.2. The van der Waals surface area contributed by atoms with E-state index in [0.29, 0.717) is 6.54 Å². The number of hydrogen-bond donors (Lipinski definition) is 1. The number of ether oxygens (including phenoxy) is 1. The molecule has 1 saturated heterocycles. The summed E-state index contributed by atoms with van der Waals surface area (Å²) in [5.41, 5.74) is 0.748. The average molecular weight is 294 g/mol. The number of amides is 1. The molecule has 0 aliphatic carbocycles. The van der Waals surface area contributed by atoms with Crippen LogP contribution in [0.1, 0.15) is 38.9 Å². The van der Waals surface area contributed by atoms with Crippen LogP contribution in [0, 0.1) is 11.7 Å². The van der Waals surface area contributed by atoms with Gasteiger partial charge in [-0.2, -0.15) is 0 Å². The predicted molar refractivity (Wildman–Crippen MR) is 79.5 cm³/mol. The minimum Gasteiger partial charge on any atom is -0.494 e. The Morgan fingerprint density at radius 2 is 2.14 bits per heavy atom. The first kappa shape index (κ1) is 15.8. The summed E-state index contributed by atoms with van der Waals surface area (Å²) in [6, 6.07) is 4.63. The van der Waals surface area contributed by atoms with Crippen LogP contribution in [0.15, 0.2) is 18.2 Å². The Morgan fingerprint density at radius 3 is 2.67 bits per heavy atom. The van der Waals surface area contributed by atoms with Gasteiger partial charge in [0.25, 0.3) is 0 Å². The Labute approximate surface area is 125 Å². The molecule has 1 aliphatic heterocycles. The van der Waals surface area contributed by atoms with E-state index in [1.807, 2.05) is 20.8 Å². The van der Waals surface area contributed by atoms with E-state index in [1.165, 1.54) is 13.2 Å². The van der Waals surface area contributed by atoms with Gasteiger partial charge >= 0.3 is 0 Å². The lowest BCUT2D eigenvalue weighted by molar-refractivity contribution is -0.130. The Kier molecular flexibility index (Phi) is 4.83. The lowest BCUT2D eigenvalue weighted by atomic mass is 10.1. The van der Waals surface area contributed by atoms with Gasteiger partial charge in [0.05, 0.1) is 13.2 Å². The van der Waals surface area contributed by atoms with Crippen LogP contribution in [0.2, 0.25) is 0 Å². The summed E-state index contributed by atoms with van der Waals surface area (Å²) in [7, 11) is 1.44. The molecule has 1 aliphatic rings. The van der Waals surface area contributed by atoms with Gasteiger partial charge in [-0.1, -0.05) is 26.8 Å². The van der Waals surface area contributed by atoms with Gasteiger partial charge in [-0.25, -0.2) is 4.39 Å². The van der Waals surface area contributed by atoms with Gasteiger partial charge in [-0.05, 0) is 30.0 Å². The van der Waals surface area contributed by atoms with Crippen LogP contribution in [-0.2, 0) is 4.79 Å². The number of methoxy groups -OCH3 is 1. The standard InChI is InChI=1S/C16H23FN2O2/c1-5-8-19-15(18-14(10(2)3)16(19)20)11-6-7-13(21-4)12(17)9-11/h6-7,9-10,14-15,18H,5,8H2,1-4H3. The zero-order chi connectivity index (χ0) is 15.6. The Balaban J connectivity index is 2.32. The molecule has 1 aromatic carbocycles. The second kappa shape index (κ2) is 6.43. The first-order valence-electron chi connectivity index (χ1n) is 7.39. The summed E-state index contributed by atoms with van der Waals surface area (Å²) in [6.45, 7) is 6.71. The number of rotatable bonds is 5. The van der Waals surface area contributed by atoms with Crippen LogP contribution in [0.25, 0.3) is 0 Å². The van der Waals surface area contributed by atoms with Crippen molar-refractivity contribution in [1.29, 1.82) is 0 Å². The Hall–Kier alpha value is -1.62. The molecule has 1 heterocycles. The average Bonchev–Trinajstić information content (AvgIpc) is 2.77. The summed E-state index contributed by atoms with van der Waals surface area (Å²) < 4.78 is 18.9. The highest BCUT2D eigenvalue weighted by atomic mass is 19.1. The number of halogens is 1. The molecule has 0 radical (unpaired) electrons. The topological polar surface area (TPSA) is 41.6 Å². The van der Waals surface area contributed by atoms with Crippen molar-refractivity contribution in [3.05, 3.63) is 29.6 Å². The van der Waals surface area contributed by atoms with Crippen LogP contribution in [0.5, 0.6) is 5.75 Å². The van der Waals surface area contributed by atoms with Crippen molar-refractivity contribution in [1.82, 2.24) is 10.2 Å².